The molecule has 0 fully saturated rings. The molecule has 0 aliphatic carbocycles. The summed E-state index contributed by atoms with van der Waals surface area (Å²) >= 11 is 1.50. The number of hydrogen-bond acceptors (Lipinski definition) is 3. The van der Waals surface area contributed by atoms with Crippen molar-refractivity contribution in [3.05, 3.63) is 46.7 Å². The number of carboxylic acids is 1. The summed E-state index contributed by atoms with van der Waals surface area (Å²) in [6.07, 6.45) is 0.515. The van der Waals surface area contributed by atoms with Gasteiger partial charge in [-0.2, -0.15) is 11.3 Å². The first kappa shape index (κ1) is 14.1. The summed E-state index contributed by atoms with van der Waals surface area (Å²) in [5.41, 5.74) is 2.26. The van der Waals surface area contributed by atoms with Crippen LogP contribution in [-0.2, 0) is 11.2 Å². The predicted octanol–water partition coefficient (Wildman–Crippen LogP) is 3.41. The van der Waals surface area contributed by atoms with Crippen LogP contribution in [0.5, 0.6) is 0 Å². The number of hydrogen-bond donors (Lipinski definition) is 3. The van der Waals surface area contributed by atoms with Gasteiger partial charge >= 0.3 is 12.0 Å². The topological polar surface area (TPSA) is 78.4 Å². The van der Waals surface area contributed by atoms with Crippen LogP contribution < -0.4 is 10.6 Å². The van der Waals surface area contributed by atoms with Crippen LogP contribution >= 0.6 is 11.3 Å². The lowest BCUT2D eigenvalue weighted by Gasteiger charge is -2.07. The number of benzene rings is 1. The van der Waals surface area contributed by atoms with Crippen LogP contribution in [0.15, 0.2) is 41.1 Å². The molecule has 0 aliphatic heterocycles. The number of nitrogens with one attached hydrogen (secondary N) is 2. The minimum atomic E-state index is -0.835. The van der Waals surface area contributed by atoms with Gasteiger partial charge in [0.1, 0.15) is 0 Å². The summed E-state index contributed by atoms with van der Waals surface area (Å²) in [5, 5.41) is 17.8. The number of aliphatic carboxylic acids is 1. The van der Waals surface area contributed by atoms with Crippen molar-refractivity contribution >= 4 is 34.7 Å². The van der Waals surface area contributed by atoms with Gasteiger partial charge in [0.2, 0.25) is 0 Å². The van der Waals surface area contributed by atoms with Gasteiger partial charge in [-0.25, -0.2) is 4.79 Å². The lowest BCUT2D eigenvalue weighted by molar-refractivity contribution is -0.136. The molecule has 20 heavy (non-hydrogen) atoms. The number of carbonyl (C=O) groups is 2. The second-order valence-corrected chi connectivity index (χ2v) is 4.97. The van der Waals surface area contributed by atoms with E-state index in [0.29, 0.717) is 12.1 Å². The molecule has 1 aromatic carbocycles. The van der Waals surface area contributed by atoms with Crippen molar-refractivity contribution in [2.45, 2.75) is 12.8 Å². The molecule has 2 aromatic rings. The second-order valence-electron chi connectivity index (χ2n) is 4.19. The Kier molecular flexibility index (Phi) is 4.73. The van der Waals surface area contributed by atoms with Gasteiger partial charge in [0.15, 0.2) is 0 Å². The number of thiophene rings is 1. The summed E-state index contributed by atoms with van der Waals surface area (Å²) in [6.45, 7) is 0. The fraction of sp³-hybridized carbons (Fsp3) is 0.143. The maximum absolute atomic E-state index is 11.7. The lowest BCUT2D eigenvalue weighted by Crippen LogP contribution is -2.19. The van der Waals surface area contributed by atoms with Crippen molar-refractivity contribution in [3.8, 4) is 0 Å². The summed E-state index contributed by atoms with van der Waals surface area (Å²) in [6, 6.07) is 8.66. The highest BCUT2D eigenvalue weighted by molar-refractivity contribution is 7.08. The largest absolute Gasteiger partial charge is 0.481 e. The number of aryl methyl sites for hydroxylation is 1. The van der Waals surface area contributed by atoms with Crippen molar-refractivity contribution < 1.29 is 14.7 Å². The number of anilines is 2. The van der Waals surface area contributed by atoms with E-state index in [9.17, 15) is 9.59 Å². The Hall–Kier alpha value is -2.34. The van der Waals surface area contributed by atoms with E-state index in [2.05, 4.69) is 10.6 Å². The molecule has 0 atom stereocenters. The molecule has 1 aromatic heterocycles. The van der Waals surface area contributed by atoms with Gasteiger partial charge in [-0.3, -0.25) is 4.79 Å². The van der Waals surface area contributed by atoms with Gasteiger partial charge in [-0.05, 0) is 35.6 Å². The fourth-order valence-electron chi connectivity index (χ4n) is 1.68. The van der Waals surface area contributed by atoms with E-state index in [1.54, 1.807) is 18.2 Å². The van der Waals surface area contributed by atoms with Gasteiger partial charge in [-0.1, -0.05) is 12.1 Å². The van der Waals surface area contributed by atoms with Crippen molar-refractivity contribution in [2.24, 2.45) is 0 Å². The van der Waals surface area contributed by atoms with Gasteiger partial charge in [0, 0.05) is 17.5 Å². The van der Waals surface area contributed by atoms with Gasteiger partial charge in [0.25, 0.3) is 0 Å². The number of amides is 2. The molecule has 0 saturated carbocycles. The Morgan fingerprint density at radius 3 is 2.65 bits per heavy atom. The maximum atomic E-state index is 11.7. The third kappa shape index (κ3) is 4.40. The van der Waals surface area contributed by atoms with Crippen LogP contribution in [0.25, 0.3) is 0 Å². The van der Waals surface area contributed by atoms with Gasteiger partial charge < -0.3 is 15.7 Å². The van der Waals surface area contributed by atoms with E-state index in [1.807, 2.05) is 22.9 Å². The molecule has 6 heteroatoms. The average molecular weight is 290 g/mol. The molecule has 0 radical (unpaired) electrons. The SMILES string of the molecule is O=C(O)CCc1cccc(NC(=O)Nc2ccsc2)c1. The van der Waals surface area contributed by atoms with E-state index < -0.39 is 5.97 Å². The average Bonchev–Trinajstić information content (AvgIpc) is 2.89. The molecule has 2 rings (SSSR count). The standard InChI is InChI=1S/C14H14N2O3S/c17-13(18)5-4-10-2-1-3-11(8-10)15-14(19)16-12-6-7-20-9-12/h1-3,6-9H,4-5H2,(H,17,18)(H2,15,16,19). The van der Waals surface area contributed by atoms with E-state index >= 15 is 0 Å². The van der Waals surface area contributed by atoms with Crippen molar-refractivity contribution in [1.82, 2.24) is 0 Å². The van der Waals surface area contributed by atoms with Crippen LogP contribution in [-0.4, -0.2) is 17.1 Å². The molecule has 5 nitrogen and oxygen atoms in total. The smallest absolute Gasteiger partial charge is 0.323 e. The quantitative estimate of drug-likeness (QED) is 0.789. The number of rotatable bonds is 5. The summed E-state index contributed by atoms with van der Waals surface area (Å²) in [4.78, 5) is 22.3. The minimum absolute atomic E-state index is 0.0740. The third-order valence-electron chi connectivity index (χ3n) is 2.59. The first-order valence-electron chi connectivity index (χ1n) is 6.04. The van der Waals surface area contributed by atoms with E-state index in [-0.39, 0.29) is 12.5 Å². The molecule has 0 aliphatic rings. The maximum Gasteiger partial charge on any atom is 0.323 e. The number of carboxylic acid groups (broad SMARTS) is 1. The molecular formula is C14H14N2O3S. The molecular weight excluding hydrogens is 276 g/mol. The van der Waals surface area contributed by atoms with Crippen LogP contribution in [0.4, 0.5) is 16.2 Å². The molecule has 0 spiro atoms. The van der Waals surface area contributed by atoms with Crippen molar-refractivity contribution in [3.63, 3.8) is 0 Å². The predicted molar refractivity (Wildman–Crippen MR) is 79.4 cm³/mol. The van der Waals surface area contributed by atoms with Crippen LogP contribution in [0.1, 0.15) is 12.0 Å². The zero-order valence-electron chi connectivity index (χ0n) is 10.6. The molecule has 0 bridgehead atoms. The van der Waals surface area contributed by atoms with Crippen molar-refractivity contribution in [1.29, 1.82) is 0 Å². The minimum Gasteiger partial charge on any atom is -0.481 e. The first-order chi connectivity index (χ1) is 9.63. The van der Waals surface area contributed by atoms with Crippen LogP contribution in [0.2, 0.25) is 0 Å². The normalized spacial score (nSPS) is 10.0. The second kappa shape index (κ2) is 6.72. The molecule has 2 amide bonds. The molecule has 104 valence electrons. The Morgan fingerprint density at radius 2 is 1.95 bits per heavy atom. The van der Waals surface area contributed by atoms with E-state index in [0.717, 1.165) is 11.3 Å². The van der Waals surface area contributed by atoms with Crippen molar-refractivity contribution in [2.75, 3.05) is 10.6 Å². The Balaban J connectivity index is 1.93. The van der Waals surface area contributed by atoms with Gasteiger partial charge in [0.05, 0.1) is 5.69 Å². The molecule has 0 saturated heterocycles. The van der Waals surface area contributed by atoms with Gasteiger partial charge in [-0.15, -0.1) is 0 Å². The summed E-state index contributed by atoms with van der Waals surface area (Å²) in [7, 11) is 0. The Morgan fingerprint density at radius 1 is 1.15 bits per heavy atom. The molecule has 0 unspecified atom stereocenters. The first-order valence-corrected chi connectivity index (χ1v) is 6.99. The highest BCUT2D eigenvalue weighted by Gasteiger charge is 2.04. The third-order valence-corrected chi connectivity index (χ3v) is 3.27. The fourth-order valence-corrected chi connectivity index (χ4v) is 2.27. The highest BCUT2D eigenvalue weighted by Crippen LogP contribution is 2.15. The van der Waals surface area contributed by atoms with E-state index in [4.69, 9.17) is 5.11 Å². The summed E-state index contributed by atoms with van der Waals surface area (Å²) in [5.74, 6) is -0.835. The Labute approximate surface area is 120 Å². The highest BCUT2D eigenvalue weighted by atomic mass is 32.1. The zero-order valence-corrected chi connectivity index (χ0v) is 11.4. The molecule has 1 heterocycles. The van der Waals surface area contributed by atoms with Crippen LogP contribution in [0.3, 0.4) is 0 Å². The van der Waals surface area contributed by atoms with E-state index in [1.165, 1.54) is 11.3 Å². The number of urea groups is 1. The molecule has 3 N–H and O–H groups in total. The number of carbonyl (C=O) groups excluding carboxylic acids is 1. The van der Waals surface area contributed by atoms with Crippen LogP contribution in [0, 0.1) is 0 Å². The Bertz CT molecular complexity index is 596. The summed E-state index contributed by atoms with van der Waals surface area (Å²) < 4.78 is 0. The monoisotopic (exact) mass is 290 g/mol. The lowest BCUT2D eigenvalue weighted by atomic mass is 10.1. The zero-order chi connectivity index (χ0) is 14.4.